The summed E-state index contributed by atoms with van der Waals surface area (Å²) < 4.78 is 10.6. The number of thiophene rings is 1. The maximum absolute atomic E-state index is 12.3. The van der Waals surface area contributed by atoms with Gasteiger partial charge < -0.3 is 19.5 Å². The van der Waals surface area contributed by atoms with E-state index in [1.54, 1.807) is 17.5 Å². The van der Waals surface area contributed by atoms with Crippen molar-refractivity contribution in [2.45, 2.75) is 19.4 Å². The number of aromatic nitrogens is 3. The fourth-order valence-corrected chi connectivity index (χ4v) is 3.63. The predicted molar refractivity (Wildman–Crippen MR) is 105 cm³/mol. The van der Waals surface area contributed by atoms with Gasteiger partial charge in [0.2, 0.25) is 17.6 Å². The largest absolute Gasteiger partial charge is 0.378 e. The smallest absolute Gasteiger partial charge is 0.227 e. The monoisotopic (exact) mass is 399 g/mol. The molecule has 0 aliphatic carbocycles. The molecule has 0 saturated carbocycles. The average Bonchev–Trinajstić information content (AvgIpc) is 3.43. The summed E-state index contributed by atoms with van der Waals surface area (Å²) in [6.45, 7) is 3.44. The van der Waals surface area contributed by atoms with Crippen LogP contribution >= 0.6 is 11.3 Å². The Kier molecular flexibility index (Phi) is 5.93. The Bertz CT molecular complexity index is 906. The first-order chi connectivity index (χ1) is 13.8. The zero-order valence-electron chi connectivity index (χ0n) is 15.3. The number of carbonyl (C=O) groups excluding carboxylic acids is 1. The van der Waals surface area contributed by atoms with Crippen molar-refractivity contribution in [3.63, 3.8) is 0 Å². The molecule has 0 bridgehead atoms. The minimum Gasteiger partial charge on any atom is -0.378 e. The van der Waals surface area contributed by atoms with E-state index in [9.17, 15) is 4.79 Å². The van der Waals surface area contributed by atoms with Gasteiger partial charge in [-0.2, -0.15) is 16.3 Å². The van der Waals surface area contributed by atoms with Gasteiger partial charge in [0.05, 0.1) is 13.2 Å². The summed E-state index contributed by atoms with van der Waals surface area (Å²) in [5.41, 5.74) is 1.92. The molecule has 1 fully saturated rings. The van der Waals surface area contributed by atoms with Crippen LogP contribution in [0.4, 0.5) is 5.82 Å². The molecule has 4 heterocycles. The first-order valence-corrected chi connectivity index (χ1v) is 10.1. The van der Waals surface area contributed by atoms with Crippen LogP contribution in [0.3, 0.4) is 0 Å². The lowest BCUT2D eigenvalue weighted by Gasteiger charge is -2.29. The summed E-state index contributed by atoms with van der Waals surface area (Å²) in [6.07, 6.45) is 2.47. The Hall–Kier alpha value is -2.78. The van der Waals surface area contributed by atoms with E-state index >= 15 is 0 Å². The van der Waals surface area contributed by atoms with Gasteiger partial charge in [0.15, 0.2) is 0 Å². The summed E-state index contributed by atoms with van der Waals surface area (Å²) >= 11 is 1.58. The number of pyridine rings is 1. The van der Waals surface area contributed by atoms with Crippen LogP contribution in [0.15, 0.2) is 39.7 Å². The predicted octanol–water partition coefficient (Wildman–Crippen LogP) is 2.28. The maximum Gasteiger partial charge on any atom is 0.227 e. The number of nitrogens with zero attached hydrogens (tertiary/aromatic N) is 4. The van der Waals surface area contributed by atoms with Gasteiger partial charge in [-0.15, -0.1) is 0 Å². The Labute approximate surface area is 166 Å². The lowest BCUT2D eigenvalue weighted by molar-refractivity contribution is -0.121. The van der Waals surface area contributed by atoms with Crippen molar-refractivity contribution in [3.8, 4) is 11.4 Å². The number of hydrogen-bond acceptors (Lipinski definition) is 8. The molecule has 8 nitrogen and oxygen atoms in total. The molecule has 4 rings (SSSR count). The molecule has 0 unspecified atom stereocenters. The second-order valence-corrected chi connectivity index (χ2v) is 7.17. The number of amides is 1. The van der Waals surface area contributed by atoms with Crippen molar-refractivity contribution in [1.82, 2.24) is 20.4 Å². The first kappa shape index (κ1) is 18.6. The normalized spacial score (nSPS) is 14.2. The maximum atomic E-state index is 12.3. The molecule has 3 aromatic heterocycles. The van der Waals surface area contributed by atoms with E-state index in [4.69, 9.17) is 9.26 Å². The quantitative estimate of drug-likeness (QED) is 0.651. The molecule has 3 aromatic rings. The number of morpholine rings is 1. The Morgan fingerprint density at radius 1 is 1.29 bits per heavy atom. The van der Waals surface area contributed by atoms with Crippen LogP contribution < -0.4 is 10.2 Å². The van der Waals surface area contributed by atoms with Crippen LogP contribution in [-0.4, -0.2) is 47.3 Å². The molecule has 0 spiro atoms. The van der Waals surface area contributed by atoms with Crippen LogP contribution in [0.25, 0.3) is 11.4 Å². The van der Waals surface area contributed by atoms with E-state index in [0.29, 0.717) is 44.3 Å². The van der Waals surface area contributed by atoms with Gasteiger partial charge in [-0.25, -0.2) is 4.98 Å². The highest BCUT2D eigenvalue weighted by atomic mass is 32.1. The zero-order valence-corrected chi connectivity index (χ0v) is 16.2. The molecule has 28 heavy (non-hydrogen) atoms. The van der Waals surface area contributed by atoms with Gasteiger partial charge in [-0.05, 0) is 17.5 Å². The molecular formula is C19H21N5O3S. The molecule has 146 valence electrons. The van der Waals surface area contributed by atoms with Gasteiger partial charge in [0, 0.05) is 55.2 Å². The lowest BCUT2D eigenvalue weighted by Crippen LogP contribution is -2.37. The van der Waals surface area contributed by atoms with E-state index in [0.717, 1.165) is 30.0 Å². The molecular weight excluding hydrogens is 378 g/mol. The van der Waals surface area contributed by atoms with E-state index in [2.05, 4.69) is 25.3 Å². The minimum absolute atomic E-state index is 0.0629. The Morgan fingerprint density at radius 3 is 3.00 bits per heavy atom. The van der Waals surface area contributed by atoms with Crippen molar-refractivity contribution >= 4 is 23.1 Å². The van der Waals surface area contributed by atoms with Gasteiger partial charge in [-0.3, -0.25) is 4.79 Å². The van der Waals surface area contributed by atoms with Gasteiger partial charge in [0.25, 0.3) is 0 Å². The number of ether oxygens (including phenoxy) is 1. The van der Waals surface area contributed by atoms with E-state index in [-0.39, 0.29) is 5.91 Å². The van der Waals surface area contributed by atoms with Crippen LogP contribution in [-0.2, 0) is 22.5 Å². The number of aryl methyl sites for hydroxylation is 1. The molecule has 0 aromatic carbocycles. The van der Waals surface area contributed by atoms with Crippen LogP contribution in [0.2, 0.25) is 0 Å². The SMILES string of the molecule is O=C(CCc1nc(-c2ccsc2)no1)NCc1cccnc1N1CCOCC1. The summed E-state index contributed by atoms with van der Waals surface area (Å²) in [7, 11) is 0. The third-order valence-electron chi connectivity index (χ3n) is 4.47. The van der Waals surface area contributed by atoms with Crippen LogP contribution in [0.5, 0.6) is 0 Å². The van der Waals surface area contributed by atoms with Gasteiger partial charge >= 0.3 is 0 Å². The molecule has 1 amide bonds. The number of rotatable bonds is 7. The Morgan fingerprint density at radius 2 is 2.18 bits per heavy atom. The van der Waals surface area contributed by atoms with Crippen molar-refractivity contribution in [3.05, 3.63) is 46.6 Å². The van der Waals surface area contributed by atoms with Crippen molar-refractivity contribution in [2.24, 2.45) is 0 Å². The Balaban J connectivity index is 1.29. The number of nitrogens with one attached hydrogen (secondary N) is 1. The molecule has 1 aliphatic heterocycles. The van der Waals surface area contributed by atoms with Crippen molar-refractivity contribution in [2.75, 3.05) is 31.2 Å². The zero-order chi connectivity index (χ0) is 19.2. The lowest BCUT2D eigenvalue weighted by atomic mass is 10.2. The number of anilines is 1. The van der Waals surface area contributed by atoms with E-state index in [1.165, 1.54) is 0 Å². The molecule has 0 atom stereocenters. The first-order valence-electron chi connectivity index (χ1n) is 9.18. The third kappa shape index (κ3) is 4.55. The minimum atomic E-state index is -0.0629. The van der Waals surface area contributed by atoms with Gasteiger partial charge in [-0.1, -0.05) is 11.2 Å². The second-order valence-electron chi connectivity index (χ2n) is 6.39. The molecule has 1 aliphatic rings. The standard InChI is InChI=1S/C19H21N5O3S/c25-16(3-4-17-22-18(23-27-17)15-5-11-28-13-15)21-12-14-2-1-6-20-19(14)24-7-9-26-10-8-24/h1-2,5-6,11,13H,3-4,7-10,12H2,(H,21,25). The third-order valence-corrected chi connectivity index (χ3v) is 5.15. The summed E-state index contributed by atoms with van der Waals surface area (Å²) in [5.74, 6) is 1.87. The molecule has 1 N–H and O–H groups in total. The molecule has 1 saturated heterocycles. The van der Waals surface area contributed by atoms with Crippen LogP contribution in [0, 0.1) is 0 Å². The molecule has 0 radical (unpaired) electrons. The highest BCUT2D eigenvalue weighted by Crippen LogP contribution is 2.20. The number of hydrogen-bond donors (Lipinski definition) is 1. The molecule has 9 heteroatoms. The van der Waals surface area contributed by atoms with E-state index in [1.807, 2.05) is 29.0 Å². The topological polar surface area (TPSA) is 93.4 Å². The summed E-state index contributed by atoms with van der Waals surface area (Å²) in [5, 5.41) is 10.8. The fourth-order valence-electron chi connectivity index (χ4n) is 3.00. The highest BCUT2D eigenvalue weighted by Gasteiger charge is 2.16. The van der Waals surface area contributed by atoms with Crippen LogP contribution in [0.1, 0.15) is 17.9 Å². The van der Waals surface area contributed by atoms with Crippen molar-refractivity contribution < 1.29 is 14.1 Å². The average molecular weight is 399 g/mol. The van der Waals surface area contributed by atoms with Crippen molar-refractivity contribution in [1.29, 1.82) is 0 Å². The summed E-state index contributed by atoms with van der Waals surface area (Å²) in [4.78, 5) is 23.3. The number of carbonyl (C=O) groups is 1. The van der Waals surface area contributed by atoms with Gasteiger partial charge in [0.1, 0.15) is 5.82 Å². The summed E-state index contributed by atoms with van der Waals surface area (Å²) in [6, 6.07) is 5.81. The van der Waals surface area contributed by atoms with E-state index < -0.39 is 0 Å². The fraction of sp³-hybridized carbons (Fsp3) is 0.368. The highest BCUT2D eigenvalue weighted by molar-refractivity contribution is 7.08. The second kappa shape index (κ2) is 8.94.